The molecule has 3 aromatic rings. The van der Waals surface area contributed by atoms with E-state index in [1.54, 1.807) is 11.3 Å². The molecule has 5 heteroatoms. The zero-order valence-electron chi connectivity index (χ0n) is 15.0. The van der Waals surface area contributed by atoms with Crippen molar-refractivity contribution in [2.24, 2.45) is 0 Å². The van der Waals surface area contributed by atoms with Gasteiger partial charge in [0.1, 0.15) is 6.04 Å². The lowest BCUT2D eigenvalue weighted by Crippen LogP contribution is -2.32. The Labute approximate surface area is 152 Å². The molecule has 0 radical (unpaired) electrons. The first-order valence-electron chi connectivity index (χ1n) is 8.37. The van der Waals surface area contributed by atoms with Crippen molar-refractivity contribution in [2.75, 3.05) is 6.54 Å². The van der Waals surface area contributed by atoms with Crippen LogP contribution in [0.2, 0.25) is 0 Å². The fourth-order valence-corrected chi connectivity index (χ4v) is 3.83. The third kappa shape index (κ3) is 3.82. The quantitative estimate of drug-likeness (QED) is 0.747. The second-order valence-corrected chi connectivity index (χ2v) is 7.41. The number of carbonyl (C=O) groups is 1. The summed E-state index contributed by atoms with van der Waals surface area (Å²) in [5, 5.41) is 9.77. The number of nitrogens with zero attached hydrogens (tertiary/aromatic N) is 2. The number of hydrogen-bond donors (Lipinski definition) is 1. The fraction of sp³-hybridized carbons (Fsp3) is 0.300. The molecule has 0 aliphatic heterocycles. The van der Waals surface area contributed by atoms with Gasteiger partial charge in [-0.1, -0.05) is 23.8 Å². The molecule has 1 N–H and O–H groups in total. The molecular formula is C20H23N3OS. The third-order valence-electron chi connectivity index (χ3n) is 4.31. The van der Waals surface area contributed by atoms with Crippen molar-refractivity contribution in [3.63, 3.8) is 0 Å². The predicted octanol–water partition coefficient (Wildman–Crippen LogP) is 4.20. The van der Waals surface area contributed by atoms with Crippen LogP contribution in [0.3, 0.4) is 0 Å². The summed E-state index contributed by atoms with van der Waals surface area (Å²) in [7, 11) is 0. The third-order valence-corrected chi connectivity index (χ3v) is 5.28. The number of aryl methyl sites for hydroxylation is 4. The molecular weight excluding hydrogens is 330 g/mol. The summed E-state index contributed by atoms with van der Waals surface area (Å²) < 4.78 is 2.00. The minimum atomic E-state index is -0.0377. The molecule has 1 atom stereocenters. The van der Waals surface area contributed by atoms with Gasteiger partial charge in [-0.25, -0.2) is 0 Å². The van der Waals surface area contributed by atoms with E-state index in [0.29, 0.717) is 6.54 Å². The Morgan fingerprint density at radius 2 is 2.00 bits per heavy atom. The van der Waals surface area contributed by atoms with E-state index in [-0.39, 0.29) is 11.9 Å². The highest BCUT2D eigenvalue weighted by molar-refractivity contribution is 7.10. The van der Waals surface area contributed by atoms with Crippen LogP contribution in [0.5, 0.6) is 0 Å². The first-order valence-corrected chi connectivity index (χ1v) is 9.25. The maximum absolute atomic E-state index is 12.7. The van der Waals surface area contributed by atoms with Crippen LogP contribution >= 0.6 is 11.3 Å². The summed E-state index contributed by atoms with van der Waals surface area (Å²) in [6, 6.07) is 12.1. The molecule has 2 aromatic heterocycles. The van der Waals surface area contributed by atoms with Crippen molar-refractivity contribution in [2.45, 2.75) is 33.7 Å². The molecule has 4 nitrogen and oxygen atoms in total. The molecule has 0 saturated heterocycles. The monoisotopic (exact) mass is 353 g/mol. The van der Waals surface area contributed by atoms with Gasteiger partial charge in [0.05, 0.1) is 5.69 Å². The van der Waals surface area contributed by atoms with Crippen molar-refractivity contribution < 1.29 is 4.79 Å². The summed E-state index contributed by atoms with van der Waals surface area (Å²) in [5.74, 6) is -0.0377. The van der Waals surface area contributed by atoms with Gasteiger partial charge in [0.15, 0.2) is 0 Å². The number of hydrogen-bond acceptors (Lipinski definition) is 3. The van der Waals surface area contributed by atoms with E-state index in [9.17, 15) is 4.79 Å². The number of benzene rings is 1. The molecule has 1 unspecified atom stereocenters. The molecule has 0 aliphatic carbocycles. The summed E-state index contributed by atoms with van der Waals surface area (Å²) >= 11 is 1.68. The van der Waals surface area contributed by atoms with Crippen LogP contribution in [0.25, 0.3) is 0 Å². The molecule has 130 valence electrons. The molecule has 1 amide bonds. The number of aromatic nitrogens is 2. The number of thiophene rings is 1. The highest BCUT2D eigenvalue weighted by atomic mass is 32.1. The predicted molar refractivity (Wildman–Crippen MR) is 102 cm³/mol. The second-order valence-electron chi connectivity index (χ2n) is 6.43. The molecule has 0 spiro atoms. The lowest BCUT2D eigenvalue weighted by atomic mass is 10.0. The first kappa shape index (κ1) is 17.4. The van der Waals surface area contributed by atoms with Crippen molar-refractivity contribution in [3.8, 4) is 0 Å². The molecule has 2 heterocycles. The topological polar surface area (TPSA) is 46.9 Å². The van der Waals surface area contributed by atoms with Gasteiger partial charge < -0.3 is 5.32 Å². The van der Waals surface area contributed by atoms with Gasteiger partial charge in [-0.15, -0.1) is 11.3 Å². The first-order chi connectivity index (χ1) is 12.0. The summed E-state index contributed by atoms with van der Waals surface area (Å²) in [6.07, 6.45) is 0. The molecule has 25 heavy (non-hydrogen) atoms. The van der Waals surface area contributed by atoms with Gasteiger partial charge in [0.25, 0.3) is 5.91 Å². The normalized spacial score (nSPS) is 12.2. The van der Waals surface area contributed by atoms with Gasteiger partial charge in [0, 0.05) is 22.7 Å². The Morgan fingerprint density at radius 1 is 1.20 bits per heavy atom. The SMILES string of the molecule is Cc1ccc(C)c(C(=O)NCC(c2cccs2)n2nc(C)cc2C)c1. The molecule has 0 fully saturated rings. The minimum Gasteiger partial charge on any atom is -0.349 e. The molecule has 1 aromatic carbocycles. The summed E-state index contributed by atoms with van der Waals surface area (Å²) in [4.78, 5) is 13.9. The largest absolute Gasteiger partial charge is 0.349 e. The van der Waals surface area contributed by atoms with Crippen LogP contribution < -0.4 is 5.32 Å². The molecule has 0 aliphatic rings. The Bertz CT molecular complexity index is 880. The maximum Gasteiger partial charge on any atom is 0.251 e. The summed E-state index contributed by atoms with van der Waals surface area (Å²) in [6.45, 7) is 8.51. The summed E-state index contributed by atoms with van der Waals surface area (Å²) in [5.41, 5.74) is 4.89. The van der Waals surface area contributed by atoms with Crippen molar-refractivity contribution in [1.82, 2.24) is 15.1 Å². The van der Waals surface area contributed by atoms with E-state index < -0.39 is 0 Å². The van der Waals surface area contributed by atoms with E-state index in [1.807, 2.05) is 56.6 Å². The van der Waals surface area contributed by atoms with Crippen LogP contribution in [-0.4, -0.2) is 22.2 Å². The average molecular weight is 353 g/mol. The van der Waals surface area contributed by atoms with Gasteiger partial charge in [-0.05, 0) is 56.8 Å². The van der Waals surface area contributed by atoms with Crippen molar-refractivity contribution in [3.05, 3.63) is 74.7 Å². The molecule has 0 saturated carbocycles. The van der Waals surface area contributed by atoms with E-state index in [1.165, 1.54) is 4.88 Å². The highest BCUT2D eigenvalue weighted by Gasteiger charge is 2.20. The molecule has 0 bridgehead atoms. The van der Waals surface area contributed by atoms with Crippen LogP contribution in [0.4, 0.5) is 0 Å². The maximum atomic E-state index is 12.7. The lowest BCUT2D eigenvalue weighted by Gasteiger charge is -2.19. The van der Waals surface area contributed by atoms with Crippen molar-refractivity contribution in [1.29, 1.82) is 0 Å². The number of nitrogens with one attached hydrogen (secondary N) is 1. The van der Waals surface area contributed by atoms with E-state index in [4.69, 9.17) is 0 Å². The highest BCUT2D eigenvalue weighted by Crippen LogP contribution is 2.24. The van der Waals surface area contributed by atoms with Crippen LogP contribution in [0, 0.1) is 27.7 Å². The van der Waals surface area contributed by atoms with Crippen LogP contribution in [0.15, 0.2) is 41.8 Å². The fourth-order valence-electron chi connectivity index (χ4n) is 3.02. The Morgan fingerprint density at radius 3 is 2.64 bits per heavy atom. The van der Waals surface area contributed by atoms with Crippen LogP contribution in [-0.2, 0) is 0 Å². The Balaban J connectivity index is 1.83. The van der Waals surface area contributed by atoms with Crippen molar-refractivity contribution >= 4 is 17.2 Å². The smallest absolute Gasteiger partial charge is 0.251 e. The number of amides is 1. The van der Waals surface area contributed by atoms with Crippen LogP contribution in [0.1, 0.15) is 43.8 Å². The number of rotatable bonds is 5. The Hall–Kier alpha value is -2.40. The van der Waals surface area contributed by atoms with E-state index >= 15 is 0 Å². The zero-order chi connectivity index (χ0) is 18.0. The van der Waals surface area contributed by atoms with Gasteiger partial charge in [0.2, 0.25) is 0 Å². The Kier molecular flexibility index (Phi) is 5.04. The van der Waals surface area contributed by atoms with Gasteiger partial charge in [-0.3, -0.25) is 9.48 Å². The zero-order valence-corrected chi connectivity index (χ0v) is 15.9. The standard InChI is InChI=1S/C20H23N3OS/c1-13-7-8-14(2)17(10-13)20(24)21-12-18(19-6-5-9-25-19)23-16(4)11-15(3)22-23/h5-11,18H,12H2,1-4H3,(H,21,24). The van der Waals surface area contributed by atoms with E-state index in [2.05, 4.69) is 27.9 Å². The average Bonchev–Trinajstić information content (AvgIpc) is 3.20. The van der Waals surface area contributed by atoms with E-state index in [0.717, 1.165) is 28.1 Å². The van der Waals surface area contributed by atoms with Gasteiger partial charge >= 0.3 is 0 Å². The lowest BCUT2D eigenvalue weighted by molar-refractivity contribution is 0.0948. The van der Waals surface area contributed by atoms with Gasteiger partial charge in [-0.2, -0.15) is 5.10 Å². The molecule has 3 rings (SSSR count). The minimum absolute atomic E-state index is 0.00256. The second kappa shape index (κ2) is 7.23. The number of carbonyl (C=O) groups excluding carboxylic acids is 1.